The number of furan rings is 1. The summed E-state index contributed by atoms with van der Waals surface area (Å²) in [5.74, 6) is 0.939. The second kappa shape index (κ2) is 6.02. The molecule has 134 valence electrons. The average Bonchev–Trinajstić information content (AvgIpc) is 3.13. The molecule has 0 amide bonds. The molecule has 0 atom stereocenters. The predicted molar refractivity (Wildman–Crippen MR) is 98.1 cm³/mol. The fourth-order valence-electron chi connectivity index (χ4n) is 3.41. The Morgan fingerprint density at radius 3 is 2.77 bits per heavy atom. The summed E-state index contributed by atoms with van der Waals surface area (Å²) in [4.78, 5) is 17.1. The normalized spacial score (nSPS) is 17.6. The number of para-hydroxylation sites is 2. The summed E-state index contributed by atoms with van der Waals surface area (Å²) in [5, 5.41) is 12.8. The minimum absolute atomic E-state index is 0.0907. The van der Waals surface area contributed by atoms with Crippen LogP contribution >= 0.6 is 11.8 Å². The molecule has 2 aromatic heterocycles. The molecule has 0 aliphatic heterocycles. The monoisotopic (exact) mass is 370 g/mol. The molecule has 0 saturated carbocycles. The van der Waals surface area contributed by atoms with E-state index in [1.807, 2.05) is 25.1 Å². The number of thioether (sulfide) groups is 1. The first-order valence-corrected chi connectivity index (χ1v) is 9.11. The topological polar surface area (TPSA) is 88.8 Å². The lowest BCUT2D eigenvalue weighted by atomic mass is 9.75. The van der Waals surface area contributed by atoms with Gasteiger partial charge in [0.25, 0.3) is 10.3 Å². The van der Waals surface area contributed by atoms with Crippen LogP contribution in [0.2, 0.25) is 0 Å². The Hall–Kier alpha value is -2.54. The number of nitrogens with zero attached hydrogens (tertiary/aromatic N) is 2. The van der Waals surface area contributed by atoms with Gasteiger partial charge in [-0.25, -0.2) is 4.98 Å². The molecule has 1 aliphatic rings. The van der Waals surface area contributed by atoms with E-state index in [0.29, 0.717) is 41.0 Å². The first kappa shape index (κ1) is 16.9. The van der Waals surface area contributed by atoms with Crippen molar-refractivity contribution >= 4 is 33.7 Å². The van der Waals surface area contributed by atoms with Gasteiger partial charge in [-0.15, -0.1) is 0 Å². The minimum Gasteiger partial charge on any atom is -0.456 e. The van der Waals surface area contributed by atoms with Crippen molar-refractivity contribution in [3.63, 3.8) is 0 Å². The fraction of sp³-hybridized carbons (Fsp3) is 0.316. The first-order valence-electron chi connectivity index (χ1n) is 8.29. The van der Waals surface area contributed by atoms with E-state index >= 15 is 0 Å². The maximum atomic E-state index is 12.8. The predicted octanol–water partition coefficient (Wildman–Crippen LogP) is 4.81. The van der Waals surface area contributed by atoms with E-state index in [9.17, 15) is 10.0 Å². The fourth-order valence-corrected chi connectivity index (χ4v) is 4.14. The molecule has 0 bridgehead atoms. The Labute approximate surface area is 154 Å². The number of hydrogen-bond acceptors (Lipinski definition) is 7. The summed E-state index contributed by atoms with van der Waals surface area (Å²) >= 11 is 0.896. The molecule has 4 rings (SSSR count). The van der Waals surface area contributed by atoms with E-state index in [2.05, 4.69) is 24.0 Å². The zero-order valence-corrected chi connectivity index (χ0v) is 15.5. The number of oxazole rings is 1. The van der Waals surface area contributed by atoms with Gasteiger partial charge in [-0.2, -0.15) is 0 Å². The highest BCUT2D eigenvalue weighted by molar-refractivity contribution is 8.13. The van der Waals surface area contributed by atoms with Crippen molar-refractivity contribution in [1.29, 1.82) is 0 Å². The van der Waals surface area contributed by atoms with Gasteiger partial charge < -0.3 is 14.0 Å². The summed E-state index contributed by atoms with van der Waals surface area (Å²) in [6.45, 7) is 5.97. The Balaban J connectivity index is 1.68. The zero-order valence-electron chi connectivity index (χ0n) is 14.7. The lowest BCUT2D eigenvalue weighted by molar-refractivity contribution is 0.106. The standard InChI is InChI=1S/C19H18N2O4S/c1-10-15-12(21-23)8-19(2,3)9-14(15)24-16(10)17(22)26-18-20-11-6-4-5-7-13(11)25-18/h4-7,23H,8-9H2,1-3H3/b21-12-. The Bertz CT molecular complexity index is 1010. The molecule has 7 heteroatoms. The van der Waals surface area contributed by atoms with Crippen molar-refractivity contribution in [3.8, 4) is 0 Å². The lowest BCUT2D eigenvalue weighted by Gasteiger charge is -2.28. The Morgan fingerprint density at radius 2 is 2.04 bits per heavy atom. The molecule has 1 aromatic carbocycles. The first-order chi connectivity index (χ1) is 12.4. The highest BCUT2D eigenvalue weighted by atomic mass is 32.2. The van der Waals surface area contributed by atoms with Gasteiger partial charge in [0.05, 0.1) is 5.71 Å². The molecular weight excluding hydrogens is 352 g/mol. The molecule has 0 fully saturated rings. The molecule has 1 N–H and O–H groups in total. The zero-order chi connectivity index (χ0) is 18.5. The van der Waals surface area contributed by atoms with E-state index in [4.69, 9.17) is 8.83 Å². The molecule has 26 heavy (non-hydrogen) atoms. The summed E-state index contributed by atoms with van der Waals surface area (Å²) in [7, 11) is 0. The highest BCUT2D eigenvalue weighted by Crippen LogP contribution is 2.40. The largest absolute Gasteiger partial charge is 0.456 e. The maximum absolute atomic E-state index is 12.8. The molecule has 6 nitrogen and oxygen atoms in total. The van der Waals surface area contributed by atoms with Gasteiger partial charge in [0, 0.05) is 29.3 Å². The molecule has 0 unspecified atom stereocenters. The summed E-state index contributed by atoms with van der Waals surface area (Å²) in [5.41, 5.74) is 3.24. The van der Waals surface area contributed by atoms with E-state index in [-0.39, 0.29) is 21.5 Å². The summed E-state index contributed by atoms with van der Waals surface area (Å²) in [6.07, 6.45) is 1.31. The van der Waals surface area contributed by atoms with Crippen LogP contribution in [-0.2, 0) is 6.42 Å². The van der Waals surface area contributed by atoms with Crippen LogP contribution in [0.15, 0.2) is 43.5 Å². The van der Waals surface area contributed by atoms with Crippen molar-refractivity contribution in [2.45, 2.75) is 38.8 Å². The second-order valence-electron chi connectivity index (χ2n) is 7.26. The number of aromatic nitrogens is 1. The number of fused-ring (bicyclic) bond motifs is 2. The van der Waals surface area contributed by atoms with Crippen molar-refractivity contribution in [3.05, 3.63) is 46.9 Å². The number of carbonyl (C=O) groups excluding carboxylic acids is 1. The van der Waals surface area contributed by atoms with Crippen LogP contribution in [0.25, 0.3) is 11.1 Å². The van der Waals surface area contributed by atoms with E-state index in [1.54, 1.807) is 6.07 Å². The molecule has 0 radical (unpaired) electrons. The van der Waals surface area contributed by atoms with Gasteiger partial charge >= 0.3 is 0 Å². The van der Waals surface area contributed by atoms with Crippen molar-refractivity contribution < 1.29 is 18.8 Å². The van der Waals surface area contributed by atoms with Crippen LogP contribution in [0, 0.1) is 12.3 Å². The van der Waals surface area contributed by atoms with Gasteiger partial charge in [-0.1, -0.05) is 31.1 Å². The molecule has 1 aliphatic carbocycles. The van der Waals surface area contributed by atoms with E-state index < -0.39 is 0 Å². The molecule has 2 heterocycles. The quantitative estimate of drug-likeness (QED) is 0.395. The van der Waals surface area contributed by atoms with Gasteiger partial charge in [-0.3, -0.25) is 4.79 Å². The third-order valence-electron chi connectivity index (χ3n) is 4.55. The highest BCUT2D eigenvalue weighted by Gasteiger charge is 2.36. The number of oxime groups is 1. The van der Waals surface area contributed by atoms with Crippen molar-refractivity contribution in [2.24, 2.45) is 10.6 Å². The van der Waals surface area contributed by atoms with Crippen LogP contribution < -0.4 is 0 Å². The van der Waals surface area contributed by atoms with E-state index in [1.165, 1.54) is 0 Å². The van der Waals surface area contributed by atoms with E-state index in [0.717, 1.165) is 17.3 Å². The average molecular weight is 370 g/mol. The molecule has 0 spiro atoms. The van der Waals surface area contributed by atoms with Crippen molar-refractivity contribution in [1.82, 2.24) is 4.98 Å². The van der Waals surface area contributed by atoms with Crippen molar-refractivity contribution in [2.75, 3.05) is 0 Å². The van der Waals surface area contributed by atoms with Gasteiger partial charge in [0.1, 0.15) is 11.3 Å². The number of carbonyl (C=O) groups is 1. The summed E-state index contributed by atoms with van der Waals surface area (Å²) < 4.78 is 11.5. The summed E-state index contributed by atoms with van der Waals surface area (Å²) in [6, 6.07) is 7.35. The number of rotatable bonds is 2. The second-order valence-corrected chi connectivity index (χ2v) is 8.18. The van der Waals surface area contributed by atoms with Gasteiger partial charge in [0.2, 0.25) is 0 Å². The Kier molecular flexibility index (Phi) is 3.91. The third-order valence-corrected chi connectivity index (χ3v) is 5.27. The van der Waals surface area contributed by atoms with Crippen LogP contribution in [0.1, 0.15) is 47.7 Å². The van der Waals surface area contributed by atoms with Crippen LogP contribution in [0.3, 0.4) is 0 Å². The van der Waals surface area contributed by atoms with Crippen LogP contribution in [0.5, 0.6) is 0 Å². The number of benzene rings is 1. The van der Waals surface area contributed by atoms with Gasteiger partial charge in [-0.05, 0) is 30.9 Å². The molecule has 0 saturated heterocycles. The lowest BCUT2D eigenvalue weighted by Crippen LogP contribution is -2.26. The third kappa shape index (κ3) is 2.82. The molecule has 3 aromatic rings. The SMILES string of the molecule is Cc1c(C(=O)Sc2nc3ccccc3o2)oc2c1/C(=N\O)CC(C)(C)C2. The maximum Gasteiger partial charge on any atom is 0.264 e. The smallest absolute Gasteiger partial charge is 0.264 e. The minimum atomic E-state index is -0.279. The number of hydrogen-bond donors (Lipinski definition) is 1. The Morgan fingerprint density at radius 1 is 1.27 bits per heavy atom. The van der Waals surface area contributed by atoms with Crippen LogP contribution in [-0.4, -0.2) is 21.0 Å². The van der Waals surface area contributed by atoms with Crippen LogP contribution in [0.4, 0.5) is 0 Å². The van der Waals surface area contributed by atoms with Gasteiger partial charge in [0.15, 0.2) is 11.3 Å². The molecular formula is C19H18N2O4S.